The first-order valence-electron chi connectivity index (χ1n) is 13.1. The minimum absolute atomic E-state index is 0.0418. The van der Waals surface area contributed by atoms with E-state index in [1.165, 1.54) is 7.11 Å². The van der Waals surface area contributed by atoms with Crippen LogP contribution in [0.3, 0.4) is 0 Å². The molecule has 0 aromatic rings. The average molecular weight is 475 g/mol. The molecule has 12 atom stereocenters. The number of Topliss-reactive ketones (excluding diaryl/α,β-unsaturated/α-hetero) is 1. The Morgan fingerprint density at radius 1 is 1.21 bits per heavy atom. The number of carbonyl (C=O) groups excluding carboxylic acids is 3. The fourth-order valence-corrected chi connectivity index (χ4v) is 10.1. The van der Waals surface area contributed by atoms with Crippen molar-refractivity contribution in [2.45, 2.75) is 78.1 Å². The van der Waals surface area contributed by atoms with Crippen molar-refractivity contribution in [3.05, 3.63) is 0 Å². The second-order valence-corrected chi connectivity index (χ2v) is 12.7. The van der Waals surface area contributed by atoms with Crippen molar-refractivity contribution in [3.8, 4) is 0 Å². The van der Waals surface area contributed by atoms with Gasteiger partial charge in [0.15, 0.2) is 0 Å². The zero-order chi connectivity index (χ0) is 24.2. The smallest absolute Gasteiger partial charge is 0.312 e. The highest BCUT2D eigenvalue weighted by molar-refractivity contribution is 5.92. The molecular formula is C27H38O7. The fourth-order valence-electron chi connectivity index (χ4n) is 10.1. The summed E-state index contributed by atoms with van der Waals surface area (Å²) in [6, 6.07) is 0. The van der Waals surface area contributed by atoms with Gasteiger partial charge in [-0.2, -0.15) is 0 Å². The summed E-state index contributed by atoms with van der Waals surface area (Å²) in [5, 5.41) is 0. The van der Waals surface area contributed by atoms with Gasteiger partial charge in [-0.05, 0) is 55.8 Å². The topological polar surface area (TPSA) is 88.1 Å². The van der Waals surface area contributed by atoms with Gasteiger partial charge in [-0.3, -0.25) is 14.4 Å². The quantitative estimate of drug-likeness (QED) is 0.581. The van der Waals surface area contributed by atoms with E-state index in [0.29, 0.717) is 30.6 Å². The van der Waals surface area contributed by atoms with Crippen LogP contribution in [-0.2, 0) is 33.3 Å². The van der Waals surface area contributed by atoms with Crippen LogP contribution in [0.4, 0.5) is 0 Å². The summed E-state index contributed by atoms with van der Waals surface area (Å²) in [7, 11) is 1.41. The van der Waals surface area contributed by atoms with E-state index in [-0.39, 0.29) is 54.1 Å². The maximum Gasteiger partial charge on any atom is 0.312 e. The van der Waals surface area contributed by atoms with Crippen LogP contribution in [-0.4, -0.2) is 56.4 Å². The van der Waals surface area contributed by atoms with Crippen molar-refractivity contribution >= 4 is 17.7 Å². The van der Waals surface area contributed by atoms with Crippen LogP contribution in [0.5, 0.6) is 0 Å². The van der Waals surface area contributed by atoms with Crippen LogP contribution in [0.1, 0.15) is 59.8 Å². The Hall–Kier alpha value is -1.47. The number of carbonyl (C=O) groups is 3. The molecule has 0 radical (unpaired) electrons. The molecule has 7 nitrogen and oxygen atoms in total. The van der Waals surface area contributed by atoms with E-state index < -0.39 is 22.3 Å². The number of hydrogen-bond acceptors (Lipinski definition) is 7. The van der Waals surface area contributed by atoms with E-state index >= 15 is 0 Å². The summed E-state index contributed by atoms with van der Waals surface area (Å²) in [4.78, 5) is 39.9. The maximum absolute atomic E-state index is 13.8. The second kappa shape index (κ2) is 7.28. The number of ether oxygens (including phenoxy) is 4. The molecule has 3 saturated heterocycles. The predicted octanol–water partition coefficient (Wildman–Crippen LogP) is 3.18. The molecule has 5 unspecified atom stereocenters. The third-order valence-corrected chi connectivity index (χ3v) is 11.6. The Bertz CT molecular complexity index is 926. The number of rotatable bonds is 3. The number of fused-ring (bicyclic) bond motifs is 4. The normalized spacial score (nSPS) is 55.5. The molecule has 34 heavy (non-hydrogen) atoms. The van der Waals surface area contributed by atoms with Crippen LogP contribution in [0.25, 0.3) is 0 Å². The molecule has 3 aliphatic carbocycles. The molecule has 3 heterocycles. The Morgan fingerprint density at radius 3 is 2.65 bits per heavy atom. The van der Waals surface area contributed by atoms with Crippen LogP contribution < -0.4 is 0 Å². The van der Waals surface area contributed by atoms with Gasteiger partial charge >= 0.3 is 11.9 Å². The first-order valence-corrected chi connectivity index (χ1v) is 13.1. The zero-order valence-electron chi connectivity index (χ0n) is 21.0. The minimum atomic E-state index is -0.838. The fraction of sp³-hybridized carbons (Fsp3) is 0.889. The van der Waals surface area contributed by atoms with Crippen molar-refractivity contribution in [1.82, 2.24) is 0 Å². The summed E-state index contributed by atoms with van der Waals surface area (Å²) >= 11 is 0. The molecule has 3 aliphatic heterocycles. The third kappa shape index (κ3) is 2.58. The Morgan fingerprint density at radius 2 is 1.97 bits per heavy atom. The maximum atomic E-state index is 13.8. The molecular weight excluding hydrogens is 436 g/mol. The standard InChI is InChI=1S/C27H38O7/c1-13-15(14-7-9-32-12-14)10-16-20(13)27(4)17(11-19(29)31-5)26(3)18(28)6-8-25(2)22(26)21(23(27)33-16)34-24(25)30/h13-17,20-23H,6-12H2,1-5H3/t13?,14?,15?,16-,17+,20?,21+,22?,23+,25+,26-,27+/m0/s1. The molecule has 0 amide bonds. The van der Waals surface area contributed by atoms with E-state index in [4.69, 9.17) is 18.9 Å². The largest absolute Gasteiger partial charge is 0.469 e. The molecule has 6 aliphatic rings. The van der Waals surface area contributed by atoms with Crippen molar-refractivity contribution in [1.29, 1.82) is 0 Å². The van der Waals surface area contributed by atoms with Crippen LogP contribution >= 0.6 is 0 Å². The minimum Gasteiger partial charge on any atom is -0.469 e. The van der Waals surface area contributed by atoms with Gasteiger partial charge in [-0.25, -0.2) is 0 Å². The lowest BCUT2D eigenvalue weighted by molar-refractivity contribution is -0.206. The molecule has 0 aromatic heterocycles. The molecule has 188 valence electrons. The van der Waals surface area contributed by atoms with Crippen molar-refractivity contribution < 1.29 is 33.3 Å². The van der Waals surface area contributed by atoms with Gasteiger partial charge in [0.1, 0.15) is 18.0 Å². The summed E-state index contributed by atoms with van der Waals surface area (Å²) in [5.41, 5.74) is -2.03. The van der Waals surface area contributed by atoms with Crippen LogP contribution in [0.2, 0.25) is 0 Å². The highest BCUT2D eigenvalue weighted by Crippen LogP contribution is 2.73. The number of hydrogen-bond donors (Lipinski definition) is 0. The summed E-state index contributed by atoms with van der Waals surface area (Å²) in [6.07, 6.45) is 2.34. The lowest BCUT2D eigenvalue weighted by Crippen LogP contribution is -2.68. The molecule has 3 saturated carbocycles. The number of methoxy groups -OCH3 is 1. The highest BCUT2D eigenvalue weighted by atomic mass is 16.6. The van der Waals surface area contributed by atoms with Gasteiger partial charge in [-0.1, -0.05) is 20.8 Å². The van der Waals surface area contributed by atoms with E-state index in [1.807, 2.05) is 13.8 Å². The molecule has 6 rings (SSSR count). The zero-order valence-corrected chi connectivity index (χ0v) is 21.0. The first kappa shape index (κ1) is 23.0. The predicted molar refractivity (Wildman–Crippen MR) is 120 cm³/mol. The SMILES string of the molecule is COC(=O)C[C@H]1[C@]2(C)C3C(C)C(C4CCOC4)C[C@@H]3O[C@@H]2[C@@H]2OC(=O)[C@]3(C)CCC(=O)[C@@]1(C)C23. The molecule has 6 fully saturated rings. The summed E-state index contributed by atoms with van der Waals surface area (Å²) < 4.78 is 23.9. The molecule has 0 spiro atoms. The van der Waals surface area contributed by atoms with Crippen LogP contribution in [0, 0.1) is 51.8 Å². The third-order valence-electron chi connectivity index (χ3n) is 11.6. The van der Waals surface area contributed by atoms with Gasteiger partial charge in [0, 0.05) is 42.8 Å². The molecule has 0 N–H and O–H groups in total. The molecule has 7 heteroatoms. The van der Waals surface area contributed by atoms with E-state index in [1.54, 1.807) is 0 Å². The average Bonchev–Trinajstić information content (AvgIpc) is 3.54. The van der Waals surface area contributed by atoms with Gasteiger partial charge in [-0.15, -0.1) is 0 Å². The second-order valence-electron chi connectivity index (χ2n) is 12.7. The highest BCUT2D eigenvalue weighted by Gasteiger charge is 2.79. The van der Waals surface area contributed by atoms with Gasteiger partial charge < -0.3 is 18.9 Å². The van der Waals surface area contributed by atoms with E-state index in [0.717, 1.165) is 26.1 Å². The van der Waals surface area contributed by atoms with Crippen molar-refractivity contribution in [2.75, 3.05) is 20.3 Å². The summed E-state index contributed by atoms with van der Waals surface area (Å²) in [6.45, 7) is 10.1. The van der Waals surface area contributed by atoms with Gasteiger partial charge in [0.05, 0.1) is 18.6 Å². The van der Waals surface area contributed by atoms with Crippen molar-refractivity contribution in [2.24, 2.45) is 51.8 Å². The van der Waals surface area contributed by atoms with Gasteiger partial charge in [0.25, 0.3) is 0 Å². The van der Waals surface area contributed by atoms with E-state index in [9.17, 15) is 14.4 Å². The van der Waals surface area contributed by atoms with Crippen LogP contribution in [0.15, 0.2) is 0 Å². The number of ketones is 1. The lowest BCUT2D eigenvalue weighted by atomic mass is 9.39. The Labute approximate surface area is 201 Å². The number of esters is 2. The molecule has 0 aromatic carbocycles. The monoisotopic (exact) mass is 474 g/mol. The van der Waals surface area contributed by atoms with E-state index in [2.05, 4.69) is 13.8 Å². The Kier molecular flexibility index (Phi) is 4.92. The lowest BCUT2D eigenvalue weighted by Gasteiger charge is -2.61. The first-order chi connectivity index (χ1) is 16.1. The molecule has 0 bridgehead atoms. The summed E-state index contributed by atoms with van der Waals surface area (Å²) in [5.74, 6) is 0.679. The Balaban J connectivity index is 1.48. The van der Waals surface area contributed by atoms with Crippen molar-refractivity contribution in [3.63, 3.8) is 0 Å². The van der Waals surface area contributed by atoms with Gasteiger partial charge in [0.2, 0.25) is 0 Å².